The third-order valence-electron chi connectivity index (χ3n) is 6.23. The molecule has 2 fully saturated rings. The molecule has 4 rings (SSSR count). The van der Waals surface area contributed by atoms with Crippen LogP contribution in [0.4, 0.5) is 0 Å². The molecule has 2 aromatic rings. The molecule has 0 spiro atoms. The second-order valence-electron chi connectivity index (χ2n) is 8.52. The molecule has 0 unspecified atom stereocenters. The molecule has 1 saturated carbocycles. The monoisotopic (exact) mass is 375 g/mol. The van der Waals surface area contributed by atoms with E-state index in [2.05, 4.69) is 47.9 Å². The Morgan fingerprint density at radius 1 is 1.04 bits per heavy atom. The Kier molecular flexibility index (Phi) is 5.39. The fourth-order valence-corrected chi connectivity index (χ4v) is 4.48. The van der Waals surface area contributed by atoms with E-state index in [1.54, 1.807) is 6.07 Å². The summed E-state index contributed by atoms with van der Waals surface area (Å²) in [5, 5.41) is 19.2. The third-order valence-corrected chi connectivity index (χ3v) is 6.23. The van der Waals surface area contributed by atoms with E-state index in [0.29, 0.717) is 23.4 Å². The second-order valence-corrected chi connectivity index (χ2v) is 8.52. The minimum atomic E-state index is 0.0698. The van der Waals surface area contributed by atoms with E-state index in [0.717, 1.165) is 24.6 Å². The summed E-state index contributed by atoms with van der Waals surface area (Å²) in [6.45, 7) is 7.94. The van der Waals surface area contributed by atoms with Gasteiger partial charge in [0, 0.05) is 31.7 Å². The maximum absolute atomic E-state index is 10.1. The molecule has 28 heavy (non-hydrogen) atoms. The molecule has 146 valence electrons. The summed E-state index contributed by atoms with van der Waals surface area (Å²) in [5.41, 5.74) is 2.94. The van der Waals surface area contributed by atoms with E-state index in [1.807, 2.05) is 24.3 Å². The molecule has 1 N–H and O–H groups in total. The van der Waals surface area contributed by atoms with Crippen LogP contribution < -0.4 is 0 Å². The molecule has 0 radical (unpaired) electrons. The van der Waals surface area contributed by atoms with Gasteiger partial charge < -0.3 is 5.11 Å². The molecule has 0 bridgehead atoms. The number of nitriles is 1. The molecule has 0 amide bonds. The van der Waals surface area contributed by atoms with Gasteiger partial charge in [0.15, 0.2) is 0 Å². The van der Waals surface area contributed by atoms with Crippen LogP contribution in [0.5, 0.6) is 5.75 Å². The number of rotatable bonds is 5. The summed E-state index contributed by atoms with van der Waals surface area (Å²) >= 11 is 0. The highest BCUT2D eigenvalue weighted by Crippen LogP contribution is 2.36. The summed E-state index contributed by atoms with van der Waals surface area (Å²) in [4.78, 5) is 5.21. The van der Waals surface area contributed by atoms with Gasteiger partial charge in [0.1, 0.15) is 5.75 Å². The van der Waals surface area contributed by atoms with Crippen molar-refractivity contribution < 1.29 is 5.11 Å². The smallest absolute Gasteiger partial charge is 0.115 e. The Balaban J connectivity index is 1.65. The molecule has 0 aromatic heterocycles. The lowest BCUT2D eigenvalue weighted by Crippen LogP contribution is -2.57. The largest absolute Gasteiger partial charge is 0.508 e. The van der Waals surface area contributed by atoms with Crippen molar-refractivity contribution in [2.75, 3.05) is 19.6 Å². The maximum atomic E-state index is 10.1. The Morgan fingerprint density at radius 3 is 2.43 bits per heavy atom. The number of hydrogen-bond donors (Lipinski definition) is 1. The summed E-state index contributed by atoms with van der Waals surface area (Å²) in [6.07, 6.45) is 2.77. The van der Waals surface area contributed by atoms with Crippen LogP contribution in [-0.4, -0.2) is 46.6 Å². The van der Waals surface area contributed by atoms with Crippen molar-refractivity contribution in [3.05, 3.63) is 65.2 Å². The molecule has 1 heterocycles. The summed E-state index contributed by atoms with van der Waals surface area (Å²) in [7, 11) is 0. The van der Waals surface area contributed by atoms with Gasteiger partial charge in [0.25, 0.3) is 0 Å². The first-order valence-corrected chi connectivity index (χ1v) is 10.3. The van der Waals surface area contributed by atoms with Crippen molar-refractivity contribution in [2.45, 2.75) is 44.8 Å². The van der Waals surface area contributed by atoms with Crippen molar-refractivity contribution in [3.63, 3.8) is 0 Å². The lowest BCUT2D eigenvalue weighted by molar-refractivity contribution is 0.0216. The zero-order chi connectivity index (χ0) is 19.7. The Labute approximate surface area is 168 Å². The summed E-state index contributed by atoms with van der Waals surface area (Å²) < 4.78 is 0. The average molecular weight is 376 g/mol. The highest BCUT2D eigenvalue weighted by atomic mass is 16.3. The Hall–Kier alpha value is -2.35. The first-order valence-electron chi connectivity index (χ1n) is 10.3. The first-order chi connectivity index (χ1) is 13.5. The van der Waals surface area contributed by atoms with E-state index >= 15 is 0 Å². The molecular formula is C24H29N3O. The fourth-order valence-electron chi connectivity index (χ4n) is 4.48. The van der Waals surface area contributed by atoms with Crippen LogP contribution in [0.15, 0.2) is 48.5 Å². The van der Waals surface area contributed by atoms with Gasteiger partial charge in [-0.3, -0.25) is 9.80 Å². The molecule has 3 atom stereocenters. The first kappa shape index (κ1) is 19.0. The van der Waals surface area contributed by atoms with Gasteiger partial charge in [-0.05, 0) is 68.0 Å². The molecule has 2 aromatic carbocycles. The number of piperazine rings is 1. The standard InChI is InChI=1S/C24H29N3O/c1-17-15-27(18(2)14-26(17)16-20-6-7-20)24(22-4-3-5-23(28)12-22)21-10-8-19(13-25)9-11-21/h3-5,8-12,17-18,20,24,28H,6-7,14-16H2,1-2H3/t17-,18+,24-/m1/s1. The van der Waals surface area contributed by atoms with Crippen LogP contribution in [0.1, 0.15) is 49.4 Å². The van der Waals surface area contributed by atoms with Crippen molar-refractivity contribution in [1.82, 2.24) is 9.80 Å². The lowest BCUT2D eigenvalue weighted by atomic mass is 9.93. The normalized spacial score (nSPS) is 24.6. The van der Waals surface area contributed by atoms with Gasteiger partial charge in [-0.15, -0.1) is 0 Å². The topological polar surface area (TPSA) is 50.5 Å². The zero-order valence-corrected chi connectivity index (χ0v) is 16.8. The van der Waals surface area contributed by atoms with Crippen LogP contribution in [0, 0.1) is 17.2 Å². The molecule has 2 aliphatic rings. The average Bonchev–Trinajstić information content (AvgIpc) is 3.50. The lowest BCUT2D eigenvalue weighted by Gasteiger charge is -2.48. The van der Waals surface area contributed by atoms with Crippen molar-refractivity contribution in [1.29, 1.82) is 5.26 Å². The highest BCUT2D eigenvalue weighted by Gasteiger charge is 2.36. The second kappa shape index (κ2) is 7.95. The summed E-state index contributed by atoms with van der Waals surface area (Å²) in [6, 6.07) is 18.7. The van der Waals surface area contributed by atoms with Crippen LogP contribution in [0.3, 0.4) is 0 Å². The zero-order valence-electron chi connectivity index (χ0n) is 16.8. The van der Waals surface area contributed by atoms with E-state index in [4.69, 9.17) is 5.26 Å². The third kappa shape index (κ3) is 4.06. The Morgan fingerprint density at radius 2 is 1.79 bits per heavy atom. The van der Waals surface area contributed by atoms with Gasteiger partial charge in [0.2, 0.25) is 0 Å². The van der Waals surface area contributed by atoms with E-state index in [-0.39, 0.29) is 6.04 Å². The van der Waals surface area contributed by atoms with Gasteiger partial charge in [-0.1, -0.05) is 24.3 Å². The fraction of sp³-hybridized carbons (Fsp3) is 0.458. The van der Waals surface area contributed by atoms with Crippen LogP contribution >= 0.6 is 0 Å². The van der Waals surface area contributed by atoms with Crippen molar-refractivity contribution >= 4 is 0 Å². The SMILES string of the molecule is C[C@@H]1CN([C@H](c2ccc(C#N)cc2)c2cccc(O)c2)[C@@H](C)CN1CC1CC1. The number of phenolic OH excluding ortho intramolecular Hbond substituents is 1. The molecule has 1 aliphatic carbocycles. The quantitative estimate of drug-likeness (QED) is 0.853. The minimum Gasteiger partial charge on any atom is -0.508 e. The van der Waals surface area contributed by atoms with E-state index in [1.165, 1.54) is 24.9 Å². The molecule has 1 saturated heterocycles. The number of hydrogen-bond acceptors (Lipinski definition) is 4. The van der Waals surface area contributed by atoms with Gasteiger partial charge in [-0.2, -0.15) is 5.26 Å². The van der Waals surface area contributed by atoms with E-state index < -0.39 is 0 Å². The molecule has 4 nitrogen and oxygen atoms in total. The van der Waals surface area contributed by atoms with Crippen LogP contribution in [0.25, 0.3) is 0 Å². The minimum absolute atomic E-state index is 0.0698. The molecule has 4 heteroatoms. The predicted molar refractivity (Wildman–Crippen MR) is 111 cm³/mol. The Bertz CT molecular complexity index is 853. The molecule has 1 aliphatic heterocycles. The summed E-state index contributed by atoms with van der Waals surface area (Å²) in [5.74, 6) is 1.20. The number of benzene rings is 2. The maximum Gasteiger partial charge on any atom is 0.115 e. The van der Waals surface area contributed by atoms with Gasteiger partial charge >= 0.3 is 0 Å². The number of phenols is 1. The van der Waals surface area contributed by atoms with Gasteiger partial charge in [0.05, 0.1) is 17.7 Å². The molecular weight excluding hydrogens is 346 g/mol. The highest BCUT2D eigenvalue weighted by molar-refractivity contribution is 5.39. The van der Waals surface area contributed by atoms with Crippen LogP contribution in [0.2, 0.25) is 0 Å². The van der Waals surface area contributed by atoms with Gasteiger partial charge in [-0.25, -0.2) is 0 Å². The number of aromatic hydroxyl groups is 1. The van der Waals surface area contributed by atoms with Crippen molar-refractivity contribution in [3.8, 4) is 11.8 Å². The van der Waals surface area contributed by atoms with Crippen molar-refractivity contribution in [2.24, 2.45) is 5.92 Å². The van der Waals surface area contributed by atoms with E-state index in [9.17, 15) is 5.11 Å². The van der Waals surface area contributed by atoms with Crippen LogP contribution in [-0.2, 0) is 0 Å². The predicted octanol–water partition coefficient (Wildman–Crippen LogP) is 4.16. The number of nitrogens with zero attached hydrogens (tertiary/aromatic N) is 3.